The zero-order valence-corrected chi connectivity index (χ0v) is 12.0. The second kappa shape index (κ2) is 4.99. The number of hydrogen-bond acceptors (Lipinski definition) is 2. The molecule has 15 heavy (non-hydrogen) atoms. The molecule has 0 aromatic heterocycles. The third-order valence-corrected chi connectivity index (χ3v) is 5.12. The van der Waals surface area contributed by atoms with Crippen molar-refractivity contribution in [1.29, 1.82) is 0 Å². The zero-order valence-electron chi connectivity index (χ0n) is 10.3. The van der Waals surface area contributed by atoms with Gasteiger partial charge >= 0.3 is 101 Å². The first-order valence-electron chi connectivity index (χ1n) is 5.88. The Morgan fingerprint density at radius 1 is 1.27 bits per heavy atom. The van der Waals surface area contributed by atoms with E-state index < -0.39 is 5.60 Å². The third-order valence-electron chi connectivity index (χ3n) is 3.83. The molecule has 1 heterocycles. The Balaban J connectivity index is 2.66. The van der Waals surface area contributed by atoms with Gasteiger partial charge in [-0.3, -0.25) is 0 Å². The number of aliphatic hydroxyl groups is 1. The number of rotatable bonds is 4. The van der Waals surface area contributed by atoms with Crippen molar-refractivity contribution >= 4 is 20.1 Å². The summed E-state index contributed by atoms with van der Waals surface area (Å²) in [6, 6.07) is 0. The van der Waals surface area contributed by atoms with Crippen molar-refractivity contribution in [1.82, 2.24) is 4.90 Å². The molecule has 0 aromatic carbocycles. The van der Waals surface area contributed by atoms with Crippen LogP contribution in [0.5, 0.6) is 0 Å². The van der Waals surface area contributed by atoms with E-state index >= 15 is 0 Å². The molecule has 0 bridgehead atoms. The summed E-state index contributed by atoms with van der Waals surface area (Å²) in [5.74, 6) is 0.467. The van der Waals surface area contributed by atoms with Crippen molar-refractivity contribution < 1.29 is 5.11 Å². The minimum atomic E-state index is -0.622. The van der Waals surface area contributed by atoms with Gasteiger partial charge in [-0.15, -0.1) is 0 Å². The topological polar surface area (TPSA) is 23.5 Å². The van der Waals surface area contributed by atoms with E-state index in [1.54, 1.807) is 0 Å². The van der Waals surface area contributed by atoms with E-state index in [0.717, 1.165) is 13.1 Å². The first-order valence-corrected chi connectivity index (χ1v) is 6.74. The van der Waals surface area contributed by atoms with E-state index in [1.807, 2.05) is 6.92 Å². The van der Waals surface area contributed by atoms with E-state index in [2.05, 4.69) is 41.2 Å². The monoisotopic (exact) mass is 277 g/mol. The fraction of sp³-hybridized carbons (Fsp3) is 0.917. The molecule has 0 aliphatic carbocycles. The second-order valence-corrected chi connectivity index (χ2v) is 6.01. The van der Waals surface area contributed by atoms with E-state index in [4.69, 9.17) is 0 Å². The number of likely N-dealkylation sites (tertiary alicyclic amines) is 1. The molecule has 0 unspecified atom stereocenters. The predicted octanol–water partition coefficient (Wildman–Crippen LogP) is 1.42. The molecule has 0 aromatic rings. The molecule has 1 aliphatic heterocycles. The molecule has 2 nitrogen and oxygen atoms in total. The van der Waals surface area contributed by atoms with Crippen LogP contribution < -0.4 is 0 Å². The maximum absolute atomic E-state index is 10.4. The molecule has 1 aliphatic rings. The zero-order chi connectivity index (χ0) is 11.6. The quantitative estimate of drug-likeness (QED) is 0.785. The van der Waals surface area contributed by atoms with Crippen molar-refractivity contribution in [3.05, 3.63) is 0 Å². The van der Waals surface area contributed by atoms with Gasteiger partial charge in [0.2, 0.25) is 0 Å². The van der Waals surface area contributed by atoms with Gasteiger partial charge in [-0.25, -0.2) is 0 Å². The minimum absolute atomic E-state index is 0.190. The Hall–Kier alpha value is 0.149. The van der Waals surface area contributed by atoms with Gasteiger partial charge in [0.1, 0.15) is 0 Å². The summed E-state index contributed by atoms with van der Waals surface area (Å²) in [6.07, 6.45) is 2.56. The predicted molar refractivity (Wildman–Crippen MR) is 66.2 cm³/mol. The molecule has 0 spiro atoms. The van der Waals surface area contributed by atoms with Crippen molar-refractivity contribution in [2.45, 2.75) is 46.1 Å². The molecule has 2 atom stereocenters. The summed E-state index contributed by atoms with van der Waals surface area (Å²) in [5.41, 5.74) is -0.622. The molecule has 1 rings (SSSR count). The molecule has 0 saturated carbocycles. The first-order chi connectivity index (χ1) is 6.87. The molecule has 1 fully saturated rings. The molecular weight excluding hydrogens is 253 g/mol. The summed E-state index contributed by atoms with van der Waals surface area (Å²) < 4.78 is 1.23. The van der Waals surface area contributed by atoms with Crippen molar-refractivity contribution in [2.75, 3.05) is 13.1 Å². The molecule has 3 heteroatoms. The molecule has 88 valence electrons. The van der Waals surface area contributed by atoms with Crippen LogP contribution in [0.1, 0.15) is 40.5 Å². The van der Waals surface area contributed by atoms with Crippen LogP contribution in [0.4, 0.5) is 0 Å². The van der Waals surface area contributed by atoms with Gasteiger partial charge in [0, 0.05) is 0 Å². The second-order valence-electron chi connectivity index (χ2n) is 5.13. The van der Waals surface area contributed by atoms with Crippen molar-refractivity contribution in [2.24, 2.45) is 11.8 Å². The normalized spacial score (nSPS) is 22.9. The summed E-state index contributed by atoms with van der Waals surface area (Å²) >= 11 is 3.16. The fourth-order valence-corrected chi connectivity index (χ4v) is 2.85. The molecule has 1 saturated heterocycles. The van der Waals surface area contributed by atoms with Crippen LogP contribution >= 0.6 is 0 Å². The SMILES string of the molecule is CC(C)[C@](C)(O)[C@H](C)C(=[Se])N1CCCC1. The van der Waals surface area contributed by atoms with Crippen LogP contribution in [0.3, 0.4) is 0 Å². The summed E-state index contributed by atoms with van der Waals surface area (Å²) in [7, 11) is 0. The average molecular weight is 276 g/mol. The summed E-state index contributed by atoms with van der Waals surface area (Å²) in [5, 5.41) is 10.4. The molecular formula is C12H23NOSe. The average Bonchev–Trinajstić information content (AvgIpc) is 2.67. The van der Waals surface area contributed by atoms with E-state index in [9.17, 15) is 5.11 Å². The third kappa shape index (κ3) is 2.83. The van der Waals surface area contributed by atoms with Crippen molar-refractivity contribution in [3.63, 3.8) is 0 Å². The van der Waals surface area contributed by atoms with Gasteiger partial charge in [-0.2, -0.15) is 0 Å². The number of nitrogens with zero attached hydrogens (tertiary/aromatic N) is 1. The van der Waals surface area contributed by atoms with Crippen LogP contribution in [0.15, 0.2) is 0 Å². The van der Waals surface area contributed by atoms with E-state index in [-0.39, 0.29) is 11.8 Å². The van der Waals surface area contributed by atoms with Crippen LogP contribution in [0.2, 0.25) is 0 Å². The van der Waals surface area contributed by atoms with Gasteiger partial charge in [0.15, 0.2) is 0 Å². The Morgan fingerprint density at radius 2 is 1.73 bits per heavy atom. The molecule has 1 N–H and O–H groups in total. The van der Waals surface area contributed by atoms with E-state index in [0.29, 0.717) is 0 Å². The van der Waals surface area contributed by atoms with Gasteiger partial charge in [-0.1, -0.05) is 0 Å². The molecule has 0 radical (unpaired) electrons. The Labute approximate surface area is 101 Å². The van der Waals surface area contributed by atoms with Gasteiger partial charge in [-0.05, 0) is 0 Å². The van der Waals surface area contributed by atoms with Crippen LogP contribution in [-0.2, 0) is 0 Å². The summed E-state index contributed by atoms with van der Waals surface area (Å²) in [4.78, 5) is 2.38. The Kier molecular flexibility index (Phi) is 4.39. The van der Waals surface area contributed by atoms with E-state index in [1.165, 1.54) is 17.4 Å². The van der Waals surface area contributed by atoms with Crippen molar-refractivity contribution in [3.8, 4) is 0 Å². The van der Waals surface area contributed by atoms with Crippen LogP contribution in [-0.4, -0.2) is 48.8 Å². The Morgan fingerprint density at radius 3 is 2.13 bits per heavy atom. The van der Waals surface area contributed by atoms with Crippen LogP contribution in [0, 0.1) is 11.8 Å². The molecule has 0 amide bonds. The maximum atomic E-state index is 10.4. The fourth-order valence-electron chi connectivity index (χ4n) is 1.96. The first kappa shape index (κ1) is 13.2. The standard InChI is InChI=1S/C12H23NOSe/c1-9(2)12(4,14)10(3)11(15)13-7-5-6-8-13/h9-10,14H,5-8H2,1-4H3/t10-,12+/m1/s1. The van der Waals surface area contributed by atoms with Gasteiger partial charge in [0.05, 0.1) is 0 Å². The van der Waals surface area contributed by atoms with Gasteiger partial charge in [0.25, 0.3) is 0 Å². The van der Waals surface area contributed by atoms with Crippen LogP contribution in [0.25, 0.3) is 0 Å². The summed E-state index contributed by atoms with van der Waals surface area (Å²) in [6.45, 7) is 10.5. The Bertz CT molecular complexity index is 232. The number of hydrogen-bond donors (Lipinski definition) is 1. The van der Waals surface area contributed by atoms with Gasteiger partial charge < -0.3 is 0 Å².